The summed E-state index contributed by atoms with van der Waals surface area (Å²) in [6.45, 7) is 5.98. The van der Waals surface area contributed by atoms with Crippen molar-refractivity contribution in [3.63, 3.8) is 0 Å². The van der Waals surface area contributed by atoms with E-state index in [1.54, 1.807) is 12.1 Å². The molecule has 0 saturated carbocycles. The molecule has 150 valence electrons. The number of nitrogens with zero attached hydrogens (tertiary/aromatic N) is 2. The molecule has 0 unspecified atom stereocenters. The summed E-state index contributed by atoms with van der Waals surface area (Å²) in [5.41, 5.74) is 4.24. The molecule has 1 aliphatic heterocycles. The second-order valence-electron chi connectivity index (χ2n) is 7.35. The maximum absolute atomic E-state index is 11.6. The fraction of sp³-hybridized carbons (Fsp3) is 0.304. The molecule has 0 radical (unpaired) electrons. The summed E-state index contributed by atoms with van der Waals surface area (Å²) in [7, 11) is 1.37. The van der Waals surface area contributed by atoms with Crippen LogP contribution in [0, 0.1) is 0 Å². The van der Waals surface area contributed by atoms with Gasteiger partial charge in [-0.1, -0.05) is 17.3 Å². The van der Waals surface area contributed by atoms with Crippen LogP contribution >= 0.6 is 0 Å². The fourth-order valence-electron chi connectivity index (χ4n) is 3.67. The monoisotopic (exact) mass is 392 g/mol. The average Bonchev–Trinajstić information content (AvgIpc) is 3.23. The van der Waals surface area contributed by atoms with Crippen molar-refractivity contribution in [1.82, 2.24) is 5.16 Å². The SMILES string of the molecule is COC(=O)c1ccc(-c2cc(-c3ccc(N4C[C@@H](C)O[C@@H](C)C4)cc3)on2)cc1. The number of methoxy groups -OCH3 is 1. The highest BCUT2D eigenvalue weighted by Crippen LogP contribution is 2.29. The summed E-state index contributed by atoms with van der Waals surface area (Å²) < 4.78 is 16.1. The first-order chi connectivity index (χ1) is 14.0. The van der Waals surface area contributed by atoms with Gasteiger partial charge in [0.05, 0.1) is 24.9 Å². The lowest BCUT2D eigenvalue weighted by molar-refractivity contribution is -0.00521. The van der Waals surface area contributed by atoms with Gasteiger partial charge in [0, 0.05) is 36.0 Å². The number of anilines is 1. The Morgan fingerprint density at radius 3 is 2.24 bits per heavy atom. The molecule has 2 aromatic carbocycles. The van der Waals surface area contributed by atoms with E-state index >= 15 is 0 Å². The Morgan fingerprint density at radius 1 is 1.00 bits per heavy atom. The Hall–Kier alpha value is -3.12. The van der Waals surface area contributed by atoms with Crippen molar-refractivity contribution < 1.29 is 18.8 Å². The average molecular weight is 392 g/mol. The number of hydrogen-bond donors (Lipinski definition) is 0. The molecule has 1 aliphatic rings. The number of esters is 1. The Labute approximate surface area is 170 Å². The molecule has 2 atom stereocenters. The van der Waals surface area contributed by atoms with E-state index in [9.17, 15) is 4.79 Å². The zero-order valence-electron chi connectivity index (χ0n) is 16.8. The van der Waals surface area contributed by atoms with Crippen LogP contribution in [0.3, 0.4) is 0 Å². The van der Waals surface area contributed by atoms with Gasteiger partial charge in [0.15, 0.2) is 5.76 Å². The zero-order valence-corrected chi connectivity index (χ0v) is 16.8. The lowest BCUT2D eigenvalue weighted by atomic mass is 10.1. The van der Waals surface area contributed by atoms with Gasteiger partial charge in [-0.3, -0.25) is 0 Å². The number of hydrogen-bond acceptors (Lipinski definition) is 6. The lowest BCUT2D eigenvalue weighted by Crippen LogP contribution is -2.45. The molecular formula is C23H24N2O4. The maximum Gasteiger partial charge on any atom is 0.337 e. The molecule has 2 heterocycles. The number of rotatable bonds is 4. The van der Waals surface area contributed by atoms with Gasteiger partial charge in [-0.25, -0.2) is 4.79 Å². The standard InChI is InChI=1S/C23H24N2O4/c1-15-13-25(14-16(2)28-15)20-10-8-18(9-11-20)22-12-21(24-29-22)17-4-6-19(7-5-17)23(26)27-3/h4-12,15-16H,13-14H2,1-3H3/t15-,16+. The molecule has 0 N–H and O–H groups in total. The first-order valence-electron chi connectivity index (χ1n) is 9.70. The Morgan fingerprint density at radius 2 is 1.62 bits per heavy atom. The molecule has 1 fully saturated rings. The van der Waals surface area contributed by atoms with Gasteiger partial charge in [-0.15, -0.1) is 0 Å². The highest BCUT2D eigenvalue weighted by molar-refractivity contribution is 5.89. The van der Waals surface area contributed by atoms with E-state index in [4.69, 9.17) is 14.0 Å². The molecule has 29 heavy (non-hydrogen) atoms. The van der Waals surface area contributed by atoms with Crippen molar-refractivity contribution in [2.24, 2.45) is 0 Å². The molecule has 0 amide bonds. The number of benzene rings is 2. The fourth-order valence-corrected chi connectivity index (χ4v) is 3.67. The van der Waals surface area contributed by atoms with Crippen LogP contribution in [0.5, 0.6) is 0 Å². The third-order valence-corrected chi connectivity index (χ3v) is 5.05. The van der Waals surface area contributed by atoms with Gasteiger partial charge < -0.3 is 18.9 Å². The van der Waals surface area contributed by atoms with Crippen molar-refractivity contribution in [3.8, 4) is 22.6 Å². The minimum absolute atomic E-state index is 0.223. The van der Waals surface area contributed by atoms with E-state index in [1.807, 2.05) is 30.3 Å². The molecule has 1 aromatic heterocycles. The van der Waals surface area contributed by atoms with Crippen LogP contribution in [0.2, 0.25) is 0 Å². The smallest absolute Gasteiger partial charge is 0.337 e. The minimum atomic E-state index is -0.360. The quantitative estimate of drug-likeness (QED) is 0.613. The first-order valence-corrected chi connectivity index (χ1v) is 9.70. The number of carbonyl (C=O) groups excluding carboxylic acids is 1. The second-order valence-corrected chi connectivity index (χ2v) is 7.35. The molecule has 6 nitrogen and oxygen atoms in total. The zero-order chi connectivity index (χ0) is 20.4. The molecule has 0 aliphatic carbocycles. The third-order valence-electron chi connectivity index (χ3n) is 5.05. The van der Waals surface area contributed by atoms with Crippen LogP contribution in [-0.2, 0) is 9.47 Å². The molecule has 4 rings (SSSR count). The van der Waals surface area contributed by atoms with Gasteiger partial charge in [0.1, 0.15) is 5.69 Å². The van der Waals surface area contributed by atoms with Gasteiger partial charge in [-0.05, 0) is 50.2 Å². The van der Waals surface area contributed by atoms with Crippen LogP contribution < -0.4 is 4.90 Å². The third kappa shape index (κ3) is 4.17. The van der Waals surface area contributed by atoms with Crippen LogP contribution in [-0.4, -0.2) is 43.5 Å². The molecule has 6 heteroatoms. The van der Waals surface area contributed by atoms with E-state index in [1.165, 1.54) is 12.8 Å². The molecule has 0 bridgehead atoms. The van der Waals surface area contributed by atoms with Crippen LogP contribution in [0.1, 0.15) is 24.2 Å². The Kier molecular flexibility index (Phi) is 5.36. The Bertz CT molecular complexity index is 969. The van der Waals surface area contributed by atoms with Gasteiger partial charge in [0.2, 0.25) is 0 Å². The van der Waals surface area contributed by atoms with Gasteiger partial charge in [-0.2, -0.15) is 0 Å². The summed E-state index contributed by atoms with van der Waals surface area (Å²) in [6, 6.07) is 17.3. The summed E-state index contributed by atoms with van der Waals surface area (Å²) in [6.07, 6.45) is 0.446. The highest BCUT2D eigenvalue weighted by atomic mass is 16.5. The van der Waals surface area contributed by atoms with Crippen LogP contribution in [0.15, 0.2) is 59.1 Å². The van der Waals surface area contributed by atoms with E-state index in [0.717, 1.165) is 29.9 Å². The van der Waals surface area contributed by atoms with E-state index < -0.39 is 0 Å². The van der Waals surface area contributed by atoms with Gasteiger partial charge >= 0.3 is 5.97 Å². The number of aromatic nitrogens is 1. The summed E-state index contributed by atoms with van der Waals surface area (Å²) in [5.74, 6) is 0.342. The van der Waals surface area contributed by atoms with E-state index in [2.05, 4.69) is 36.0 Å². The molecular weight excluding hydrogens is 368 g/mol. The number of morpholine rings is 1. The topological polar surface area (TPSA) is 64.8 Å². The van der Waals surface area contributed by atoms with Crippen molar-refractivity contribution in [2.45, 2.75) is 26.1 Å². The predicted octanol–water partition coefficient (Wildman–Crippen LogP) is 4.41. The van der Waals surface area contributed by atoms with Crippen molar-refractivity contribution in [1.29, 1.82) is 0 Å². The van der Waals surface area contributed by atoms with E-state index in [-0.39, 0.29) is 18.2 Å². The van der Waals surface area contributed by atoms with Crippen LogP contribution in [0.25, 0.3) is 22.6 Å². The maximum atomic E-state index is 11.6. The molecule has 0 spiro atoms. The predicted molar refractivity (Wildman–Crippen MR) is 111 cm³/mol. The van der Waals surface area contributed by atoms with Crippen molar-refractivity contribution in [3.05, 3.63) is 60.2 Å². The largest absolute Gasteiger partial charge is 0.465 e. The minimum Gasteiger partial charge on any atom is -0.465 e. The summed E-state index contributed by atoms with van der Waals surface area (Å²) >= 11 is 0. The summed E-state index contributed by atoms with van der Waals surface area (Å²) in [4.78, 5) is 13.9. The number of carbonyl (C=O) groups is 1. The van der Waals surface area contributed by atoms with Crippen LogP contribution in [0.4, 0.5) is 5.69 Å². The first kappa shape index (κ1) is 19.2. The Balaban J connectivity index is 1.50. The van der Waals surface area contributed by atoms with Gasteiger partial charge in [0.25, 0.3) is 0 Å². The molecule has 1 saturated heterocycles. The molecule has 3 aromatic rings. The van der Waals surface area contributed by atoms with E-state index in [0.29, 0.717) is 11.3 Å². The summed E-state index contributed by atoms with van der Waals surface area (Å²) in [5, 5.41) is 4.17. The second kappa shape index (κ2) is 8.09. The van der Waals surface area contributed by atoms with Crippen molar-refractivity contribution >= 4 is 11.7 Å². The normalized spacial score (nSPS) is 19.2. The number of ether oxygens (including phenoxy) is 2. The lowest BCUT2D eigenvalue weighted by Gasteiger charge is -2.36. The highest BCUT2D eigenvalue weighted by Gasteiger charge is 2.22. The van der Waals surface area contributed by atoms with Crippen molar-refractivity contribution in [2.75, 3.05) is 25.1 Å².